The van der Waals surface area contributed by atoms with Gasteiger partial charge in [-0.15, -0.1) is 11.8 Å². The van der Waals surface area contributed by atoms with E-state index in [9.17, 15) is 67.7 Å². The summed E-state index contributed by atoms with van der Waals surface area (Å²) in [7, 11) is 5.83. The van der Waals surface area contributed by atoms with E-state index in [1.165, 1.54) is 61.7 Å². The standard InChI is InChI=1S/C90H124ClN23O20S/c1-50(2)36-63-82(126)103-62(26-16-28-71(93)116)88(132)111(6)46-73(118)99-64(41-56-45-110(5)77-58(56)22-15-23-59(77)91)83(127)101-60(25-11-13-31-98-90(134)114-34-32-113(33-35-114)47-75(120)121)80(124)105-65(40-55-44-109(4)69-27-9-8-21-57(55)69)85(129)108-76(51(3)115)87(131)102-61(24-10-12-29-92)81(125)107-68(79(96)123)48-135-49-74(119)100-67(38-52-18-14-20-54(37-52)78(95)122)89(133)112(7)70(39-53-19-17-30-97-43-53)86(130)106-66(42-72(94)117)84(128)104-63/h8-9,14-15,17-23,27,30,37,43-45,50-51,60-68,70,76,115H,10-13,16,24-26,28-29,31-36,38-42,46-49,92H2,1-7H3,(H2,93,116)(H2,94,117)(H2,95,122)(H2,96,123)(H,98,134)(H,99,118)(H,100,119)(H,101,127)(H,102,131)(H,103,126)(H,104,128)(H,105,124)(H,106,130)(H,107,125)(H,108,129)(H,120,121)/t51-,60+,61+,62+,63+,64+,65+,66+,67-,68+,70+,76+/m1/s1. The Balaban J connectivity index is 1.22. The molecule has 135 heavy (non-hydrogen) atoms. The number of hydrogen-bond acceptors (Lipinski definition) is 23. The number of amides is 18. The van der Waals surface area contributed by atoms with Crippen LogP contribution in [-0.4, -0.2) is 301 Å². The van der Waals surface area contributed by atoms with Gasteiger partial charge in [-0.2, -0.15) is 0 Å². The van der Waals surface area contributed by atoms with Gasteiger partial charge >= 0.3 is 12.0 Å². The summed E-state index contributed by atoms with van der Waals surface area (Å²) in [4.78, 5) is 267. The number of halogens is 1. The molecule has 732 valence electrons. The predicted octanol–water partition coefficient (Wildman–Crippen LogP) is -2.88. The Kier molecular flexibility index (Phi) is 41.1. The molecule has 43 nitrogen and oxygen atoms in total. The van der Waals surface area contributed by atoms with Crippen LogP contribution in [0.15, 0.2) is 104 Å². The van der Waals surface area contributed by atoms with Gasteiger partial charge in [0.05, 0.1) is 41.9 Å². The first-order valence-corrected chi connectivity index (χ1v) is 46.0. The third-order valence-corrected chi connectivity index (χ3v) is 24.4. The number of aliphatic carboxylic acids is 1. The Morgan fingerprint density at radius 2 is 1.13 bits per heavy atom. The highest BCUT2D eigenvalue weighted by molar-refractivity contribution is 8.00. The van der Waals surface area contributed by atoms with Crippen molar-refractivity contribution in [3.8, 4) is 0 Å². The van der Waals surface area contributed by atoms with Crippen LogP contribution in [0.2, 0.25) is 5.02 Å². The molecular weight excluding hydrogens is 1790 g/mol. The van der Waals surface area contributed by atoms with Crippen LogP contribution in [0, 0.1) is 5.92 Å². The Morgan fingerprint density at radius 1 is 0.556 bits per heavy atom. The number of nitrogens with two attached hydrogens (primary N) is 5. The molecule has 0 bridgehead atoms. The van der Waals surface area contributed by atoms with Crippen LogP contribution in [0.4, 0.5) is 4.79 Å². The number of carbonyl (C=O) groups is 18. The average Bonchev–Trinajstić information content (AvgIpc) is 1.66. The number of carboxylic acids is 1. The number of carboxylic acid groups (broad SMARTS) is 1. The molecule has 0 aliphatic carbocycles. The first-order chi connectivity index (χ1) is 64.1. The van der Waals surface area contributed by atoms with Crippen LogP contribution in [0.3, 0.4) is 0 Å². The number of hydrogen-bond donors (Lipinski definition) is 18. The van der Waals surface area contributed by atoms with Crippen LogP contribution >= 0.6 is 23.4 Å². The highest BCUT2D eigenvalue weighted by atomic mass is 35.5. The highest BCUT2D eigenvalue weighted by Gasteiger charge is 2.41. The lowest BCUT2D eigenvalue weighted by atomic mass is 9.99. The van der Waals surface area contributed by atoms with Crippen molar-refractivity contribution in [1.82, 2.24) is 92.2 Å². The third kappa shape index (κ3) is 32.5. The molecule has 8 rings (SSSR count). The fourth-order valence-electron chi connectivity index (χ4n) is 16.0. The lowest BCUT2D eigenvalue weighted by molar-refractivity contribution is -0.143. The number of aryl methyl sites for hydroxylation is 2. The Bertz CT molecular complexity index is 5260. The Morgan fingerprint density at radius 3 is 1.77 bits per heavy atom. The molecule has 18 amide bonds. The zero-order valence-corrected chi connectivity index (χ0v) is 78.1. The summed E-state index contributed by atoms with van der Waals surface area (Å²) in [6, 6.07) is 1.95. The summed E-state index contributed by atoms with van der Waals surface area (Å²) in [6.07, 6.45) is 1.40. The number of nitrogens with zero attached hydrogens (tertiary/aromatic N) is 7. The van der Waals surface area contributed by atoms with Gasteiger partial charge in [0.25, 0.3) is 0 Å². The van der Waals surface area contributed by atoms with Crippen molar-refractivity contribution in [3.05, 3.63) is 136 Å². The molecule has 2 saturated heterocycles. The number of benzene rings is 3. The molecule has 2 aliphatic rings. The van der Waals surface area contributed by atoms with Crippen molar-refractivity contribution in [3.63, 3.8) is 0 Å². The van der Waals surface area contributed by atoms with Crippen molar-refractivity contribution >= 4 is 152 Å². The number of pyridine rings is 1. The monoisotopic (exact) mass is 1910 g/mol. The zero-order valence-electron chi connectivity index (χ0n) is 76.5. The second kappa shape index (κ2) is 51.8. The van der Waals surface area contributed by atoms with Gasteiger partial charge < -0.3 is 121 Å². The van der Waals surface area contributed by atoms with Gasteiger partial charge in [0.2, 0.25) is 94.5 Å². The molecule has 2 aliphatic heterocycles. The highest BCUT2D eigenvalue weighted by Crippen LogP contribution is 2.29. The predicted molar refractivity (Wildman–Crippen MR) is 499 cm³/mol. The molecule has 23 N–H and O–H groups in total. The van der Waals surface area contributed by atoms with Gasteiger partial charge in [0.15, 0.2) is 0 Å². The Labute approximate surface area is 789 Å². The number of aliphatic hydroxyl groups is 1. The molecule has 5 heterocycles. The van der Waals surface area contributed by atoms with E-state index in [1.54, 1.807) is 103 Å². The minimum atomic E-state index is -1.93. The second-order valence-corrected chi connectivity index (χ2v) is 35.7. The summed E-state index contributed by atoms with van der Waals surface area (Å²) in [5.74, 6) is -18.7. The number of rotatable bonds is 30. The molecule has 0 saturated carbocycles. The van der Waals surface area contributed by atoms with Crippen LogP contribution < -0.4 is 87.2 Å². The van der Waals surface area contributed by atoms with Gasteiger partial charge in [-0.3, -0.25) is 91.4 Å². The van der Waals surface area contributed by atoms with E-state index in [2.05, 4.69) is 63.5 Å². The number of aromatic nitrogens is 3. The number of unbranched alkanes of at least 4 members (excludes halogenated alkanes) is 2. The van der Waals surface area contributed by atoms with Gasteiger partial charge in [0, 0.05) is 145 Å². The first-order valence-electron chi connectivity index (χ1n) is 44.4. The van der Waals surface area contributed by atoms with E-state index in [4.69, 9.17) is 40.3 Å². The first kappa shape index (κ1) is 107. The van der Waals surface area contributed by atoms with Crippen LogP contribution in [0.1, 0.15) is 124 Å². The molecule has 6 aromatic rings. The summed E-state index contributed by atoms with van der Waals surface area (Å²) >= 11 is 7.52. The minimum Gasteiger partial charge on any atom is -0.480 e. The number of para-hydroxylation sites is 2. The molecule has 0 spiro atoms. The number of piperazine rings is 1. The number of primary amides is 4. The van der Waals surface area contributed by atoms with Gasteiger partial charge in [-0.05, 0) is 130 Å². The number of thioether (sulfide) groups is 1. The fraction of sp³-hybridized carbons (Fsp3) is 0.500. The maximum absolute atomic E-state index is 15.7. The largest absolute Gasteiger partial charge is 0.480 e. The fourth-order valence-corrected chi connectivity index (χ4v) is 17.1. The summed E-state index contributed by atoms with van der Waals surface area (Å²) in [5, 5.41) is 51.6. The molecule has 3 aromatic carbocycles. The van der Waals surface area contributed by atoms with Crippen molar-refractivity contribution in [2.75, 3.05) is 78.0 Å². The number of urea groups is 1. The molecular formula is C90H124ClN23O20S. The molecule has 12 atom stereocenters. The number of likely N-dealkylation sites (N-methyl/N-ethyl adjacent to an activating group) is 2. The van der Waals surface area contributed by atoms with Gasteiger partial charge in [0.1, 0.15) is 66.5 Å². The third-order valence-electron chi connectivity index (χ3n) is 23.0. The van der Waals surface area contributed by atoms with E-state index in [1.807, 2.05) is 0 Å². The minimum absolute atomic E-state index is 0.0103. The van der Waals surface area contributed by atoms with Crippen molar-refractivity contribution in [2.24, 2.45) is 48.7 Å². The molecule has 0 unspecified atom stereocenters. The molecule has 2 fully saturated rings. The van der Waals surface area contributed by atoms with Crippen molar-refractivity contribution in [1.29, 1.82) is 0 Å². The van der Waals surface area contributed by atoms with Crippen LogP contribution in [0.25, 0.3) is 21.8 Å². The van der Waals surface area contributed by atoms with Crippen molar-refractivity contribution < 1.29 is 96.5 Å². The van der Waals surface area contributed by atoms with E-state index in [0.717, 1.165) is 28.5 Å². The van der Waals surface area contributed by atoms with Crippen molar-refractivity contribution in [2.45, 2.75) is 190 Å². The molecule has 0 radical (unpaired) electrons. The van der Waals surface area contributed by atoms with E-state index in [0.29, 0.717) is 49.9 Å². The second-order valence-electron chi connectivity index (χ2n) is 34.2. The maximum atomic E-state index is 15.7. The SMILES string of the molecule is CC(C)C[C@@H]1NC(=O)[C@H](CC(N)=O)NC(=O)[C@H](Cc2cccnc2)N(C)C(=O)[C@@H](Cc2cccc(C(N)=O)c2)NC(=O)CSC[C@@H](C(N)=O)NC(=O)[C@H](CCCCN)NC(=O)[C@H]([C@@H](C)O)NC(=O)[C@H](Cc2cn(C)c3ccccc23)NC(=O)[C@H](CCCCNC(=O)N2CCN(CC(=O)O)CC2)NC(=O)[C@H](Cc2cn(C)c3c(Cl)cccc23)NC(=O)CN(C)C(=O)[C@H](CCCC(N)=O)NC1=O. The summed E-state index contributed by atoms with van der Waals surface area (Å²) in [5.41, 5.74) is 31.6. The van der Waals surface area contributed by atoms with E-state index in [-0.39, 0.29) is 140 Å². The number of nitrogens with one attached hydrogen (secondary N) is 11. The quantitative estimate of drug-likeness (QED) is 0.0201. The number of fused-ring (bicyclic) bond motifs is 2. The summed E-state index contributed by atoms with van der Waals surface area (Å²) in [6.45, 7) is 4.60. The number of aliphatic hydroxyl groups excluding tert-OH is 1. The topological polar surface area (TPSA) is 646 Å². The van der Waals surface area contributed by atoms with Crippen LogP contribution in [-0.2, 0) is 116 Å². The summed E-state index contributed by atoms with van der Waals surface area (Å²) < 4.78 is 3.45. The zero-order chi connectivity index (χ0) is 99.0. The molecule has 45 heteroatoms. The maximum Gasteiger partial charge on any atom is 0.317 e. The lowest BCUT2D eigenvalue weighted by Crippen LogP contribution is -2.62. The smallest absolute Gasteiger partial charge is 0.317 e. The normalized spacial score (nSPS) is 22.1. The van der Waals surface area contributed by atoms with E-state index < -0.39 is 209 Å². The number of carbonyl (C=O) groups excluding carboxylic acids is 17. The van der Waals surface area contributed by atoms with Gasteiger partial charge in [-0.1, -0.05) is 74.0 Å². The molecule has 3 aromatic heterocycles. The van der Waals surface area contributed by atoms with Gasteiger partial charge in [-0.25, -0.2) is 4.79 Å². The lowest BCUT2D eigenvalue weighted by Gasteiger charge is -2.33. The average molecular weight is 1920 g/mol. The van der Waals surface area contributed by atoms with E-state index >= 15 is 28.8 Å². The van der Waals surface area contributed by atoms with Crippen LogP contribution in [0.5, 0.6) is 0 Å². The Hall–Kier alpha value is -13.3.